The molecule has 1 aromatic carbocycles. The molecule has 3 aromatic rings. The zero-order valence-corrected chi connectivity index (χ0v) is 11.5. The fraction of sp³-hybridized carbons (Fsp3) is 0.188. The molecule has 2 heterocycles. The van der Waals surface area contributed by atoms with E-state index in [1.54, 1.807) is 0 Å². The van der Waals surface area contributed by atoms with E-state index in [0.717, 1.165) is 33.3 Å². The number of hydrogen-bond acceptors (Lipinski definition) is 4. The summed E-state index contributed by atoms with van der Waals surface area (Å²) in [5.41, 5.74) is 10.2. The van der Waals surface area contributed by atoms with Gasteiger partial charge in [-0.1, -0.05) is 24.3 Å². The smallest absolute Gasteiger partial charge is 0.0651 e. The minimum atomic E-state index is -0.247. The van der Waals surface area contributed by atoms with Crippen molar-refractivity contribution in [3.8, 4) is 0 Å². The van der Waals surface area contributed by atoms with Gasteiger partial charge < -0.3 is 5.73 Å². The number of rotatable bonds is 2. The Labute approximate surface area is 117 Å². The van der Waals surface area contributed by atoms with Crippen molar-refractivity contribution in [1.82, 2.24) is 15.2 Å². The fourth-order valence-corrected chi connectivity index (χ4v) is 2.44. The first kappa shape index (κ1) is 12.7. The first-order chi connectivity index (χ1) is 9.66. The predicted molar refractivity (Wildman–Crippen MR) is 79.3 cm³/mol. The highest BCUT2D eigenvalue weighted by Gasteiger charge is 2.16. The Morgan fingerprint density at radius 1 is 1.00 bits per heavy atom. The van der Waals surface area contributed by atoms with Gasteiger partial charge in [0.1, 0.15) is 0 Å². The second kappa shape index (κ2) is 4.98. The summed E-state index contributed by atoms with van der Waals surface area (Å²) in [4.78, 5) is 4.30. The summed E-state index contributed by atoms with van der Waals surface area (Å²) in [7, 11) is 0. The Bertz CT molecular complexity index is 762. The molecule has 0 saturated carbocycles. The van der Waals surface area contributed by atoms with Crippen molar-refractivity contribution in [2.75, 3.05) is 0 Å². The van der Waals surface area contributed by atoms with E-state index in [9.17, 15) is 0 Å². The molecule has 1 unspecified atom stereocenters. The van der Waals surface area contributed by atoms with E-state index in [4.69, 9.17) is 5.73 Å². The summed E-state index contributed by atoms with van der Waals surface area (Å²) in [5.74, 6) is 0. The highest BCUT2D eigenvalue weighted by atomic mass is 15.1. The van der Waals surface area contributed by atoms with Gasteiger partial charge in [0.25, 0.3) is 0 Å². The normalized spacial score (nSPS) is 12.6. The number of nitrogens with two attached hydrogens (primary N) is 1. The minimum Gasteiger partial charge on any atom is -0.320 e. The SMILES string of the molecule is Cc1cc(C(N)c2cncc3ccccc23)c(C)nn1. The molecule has 0 amide bonds. The van der Waals surface area contributed by atoms with Crippen molar-refractivity contribution < 1.29 is 0 Å². The third kappa shape index (κ3) is 2.14. The summed E-state index contributed by atoms with van der Waals surface area (Å²) in [5, 5.41) is 10.4. The van der Waals surface area contributed by atoms with E-state index in [1.165, 1.54) is 0 Å². The molecule has 2 N–H and O–H groups in total. The number of aromatic nitrogens is 3. The first-order valence-electron chi connectivity index (χ1n) is 6.56. The van der Waals surface area contributed by atoms with Gasteiger partial charge in [-0.15, -0.1) is 0 Å². The van der Waals surface area contributed by atoms with Crippen LogP contribution in [0.25, 0.3) is 10.8 Å². The van der Waals surface area contributed by atoms with Gasteiger partial charge in [-0.2, -0.15) is 10.2 Å². The third-order valence-corrected chi connectivity index (χ3v) is 3.51. The number of aryl methyl sites for hydroxylation is 2. The van der Waals surface area contributed by atoms with Gasteiger partial charge in [-0.25, -0.2) is 0 Å². The Morgan fingerprint density at radius 3 is 2.65 bits per heavy atom. The van der Waals surface area contributed by atoms with E-state index in [1.807, 2.05) is 50.5 Å². The lowest BCUT2D eigenvalue weighted by atomic mass is 9.95. The number of pyridine rings is 1. The molecule has 0 bridgehead atoms. The van der Waals surface area contributed by atoms with Gasteiger partial charge in [-0.3, -0.25) is 4.98 Å². The molecule has 100 valence electrons. The Morgan fingerprint density at radius 2 is 1.80 bits per heavy atom. The van der Waals surface area contributed by atoms with Crippen LogP contribution in [-0.2, 0) is 0 Å². The van der Waals surface area contributed by atoms with Crippen LogP contribution in [0.15, 0.2) is 42.7 Å². The van der Waals surface area contributed by atoms with Crippen LogP contribution in [0.4, 0.5) is 0 Å². The summed E-state index contributed by atoms with van der Waals surface area (Å²) in [6.45, 7) is 3.85. The van der Waals surface area contributed by atoms with Crippen LogP contribution < -0.4 is 5.73 Å². The second-order valence-electron chi connectivity index (χ2n) is 4.95. The molecule has 1 atom stereocenters. The molecule has 20 heavy (non-hydrogen) atoms. The molecule has 0 aliphatic rings. The zero-order valence-electron chi connectivity index (χ0n) is 11.5. The van der Waals surface area contributed by atoms with Crippen LogP contribution in [0.2, 0.25) is 0 Å². The highest BCUT2D eigenvalue weighted by Crippen LogP contribution is 2.27. The highest BCUT2D eigenvalue weighted by molar-refractivity contribution is 5.85. The standard InChI is InChI=1S/C16H16N4/c1-10-7-14(11(2)20-19-10)16(17)15-9-18-8-12-5-3-4-6-13(12)15/h3-9,16H,17H2,1-2H3. The molecular formula is C16H16N4. The van der Waals surface area contributed by atoms with Crippen LogP contribution in [0, 0.1) is 13.8 Å². The molecule has 3 rings (SSSR count). The average Bonchev–Trinajstić information content (AvgIpc) is 2.48. The van der Waals surface area contributed by atoms with Crippen LogP contribution in [0.3, 0.4) is 0 Å². The van der Waals surface area contributed by atoms with Crippen molar-refractivity contribution in [3.63, 3.8) is 0 Å². The molecular weight excluding hydrogens is 248 g/mol. The first-order valence-corrected chi connectivity index (χ1v) is 6.56. The molecule has 0 aliphatic heterocycles. The fourth-order valence-electron chi connectivity index (χ4n) is 2.44. The Balaban J connectivity index is 2.17. The molecule has 2 aromatic heterocycles. The second-order valence-corrected chi connectivity index (χ2v) is 4.95. The summed E-state index contributed by atoms with van der Waals surface area (Å²) < 4.78 is 0. The lowest BCUT2D eigenvalue weighted by Crippen LogP contribution is -2.15. The van der Waals surface area contributed by atoms with Crippen molar-refractivity contribution in [2.24, 2.45) is 5.73 Å². The van der Waals surface area contributed by atoms with Crippen LogP contribution in [0.5, 0.6) is 0 Å². The number of hydrogen-bond donors (Lipinski definition) is 1. The number of fused-ring (bicyclic) bond motifs is 1. The van der Waals surface area contributed by atoms with Gasteiger partial charge in [0, 0.05) is 17.8 Å². The monoisotopic (exact) mass is 264 g/mol. The zero-order chi connectivity index (χ0) is 14.1. The molecule has 0 spiro atoms. The Kier molecular flexibility index (Phi) is 3.16. The van der Waals surface area contributed by atoms with Crippen LogP contribution in [0.1, 0.15) is 28.6 Å². The van der Waals surface area contributed by atoms with Crippen LogP contribution >= 0.6 is 0 Å². The van der Waals surface area contributed by atoms with E-state index in [-0.39, 0.29) is 6.04 Å². The van der Waals surface area contributed by atoms with E-state index >= 15 is 0 Å². The van der Waals surface area contributed by atoms with Crippen LogP contribution in [-0.4, -0.2) is 15.2 Å². The molecule has 0 fully saturated rings. The maximum Gasteiger partial charge on any atom is 0.0651 e. The topological polar surface area (TPSA) is 64.7 Å². The predicted octanol–water partition coefficient (Wildman–Crippen LogP) is 2.69. The largest absolute Gasteiger partial charge is 0.320 e. The van der Waals surface area contributed by atoms with Gasteiger partial charge in [-0.05, 0) is 36.4 Å². The Hall–Kier alpha value is -2.33. The lowest BCUT2D eigenvalue weighted by Gasteiger charge is -2.16. The molecule has 0 radical (unpaired) electrons. The molecule has 4 heteroatoms. The van der Waals surface area contributed by atoms with Crippen molar-refractivity contribution in [2.45, 2.75) is 19.9 Å². The van der Waals surface area contributed by atoms with Gasteiger partial charge >= 0.3 is 0 Å². The molecule has 0 saturated heterocycles. The van der Waals surface area contributed by atoms with Crippen molar-refractivity contribution in [1.29, 1.82) is 0 Å². The van der Waals surface area contributed by atoms with E-state index < -0.39 is 0 Å². The van der Waals surface area contributed by atoms with Gasteiger partial charge in [0.15, 0.2) is 0 Å². The summed E-state index contributed by atoms with van der Waals surface area (Å²) >= 11 is 0. The quantitative estimate of drug-likeness (QED) is 0.773. The van der Waals surface area contributed by atoms with Gasteiger partial charge in [0.2, 0.25) is 0 Å². The van der Waals surface area contributed by atoms with Gasteiger partial charge in [0.05, 0.1) is 17.4 Å². The summed E-state index contributed by atoms with van der Waals surface area (Å²) in [6.07, 6.45) is 3.69. The third-order valence-electron chi connectivity index (χ3n) is 3.51. The summed E-state index contributed by atoms with van der Waals surface area (Å²) in [6, 6.07) is 9.88. The van der Waals surface area contributed by atoms with Crippen molar-refractivity contribution >= 4 is 10.8 Å². The molecule has 0 aliphatic carbocycles. The van der Waals surface area contributed by atoms with E-state index in [0.29, 0.717) is 0 Å². The maximum absolute atomic E-state index is 6.44. The number of benzene rings is 1. The average molecular weight is 264 g/mol. The number of nitrogens with zero attached hydrogens (tertiary/aromatic N) is 3. The van der Waals surface area contributed by atoms with E-state index in [2.05, 4.69) is 21.2 Å². The maximum atomic E-state index is 6.44. The van der Waals surface area contributed by atoms with Crippen molar-refractivity contribution in [3.05, 3.63) is 65.2 Å². The lowest BCUT2D eigenvalue weighted by molar-refractivity contribution is 0.815. The molecule has 4 nitrogen and oxygen atoms in total. The minimum absolute atomic E-state index is 0.247.